The Balaban J connectivity index is 3.20. The zero-order chi connectivity index (χ0) is 25.2. The average Bonchev–Trinajstić information content (AvgIpc) is 2.64. The summed E-state index contributed by atoms with van der Waals surface area (Å²) in [6.07, 6.45) is 0.769. The van der Waals surface area contributed by atoms with Crippen molar-refractivity contribution in [2.45, 2.75) is 85.0 Å². The molecule has 0 fully saturated rings. The van der Waals surface area contributed by atoms with Crippen molar-refractivity contribution in [1.82, 2.24) is 5.32 Å². The molecule has 0 spiro atoms. The summed E-state index contributed by atoms with van der Waals surface area (Å²) in [7, 11) is 0. The summed E-state index contributed by atoms with van der Waals surface area (Å²) in [6, 6.07) is 5.75. The van der Waals surface area contributed by atoms with Gasteiger partial charge in [-0.3, -0.25) is 4.79 Å². The van der Waals surface area contributed by atoms with Gasteiger partial charge < -0.3 is 19.7 Å². The Morgan fingerprint density at radius 3 is 2.03 bits per heavy atom. The lowest BCUT2D eigenvalue weighted by Crippen LogP contribution is -2.42. The highest BCUT2D eigenvalue weighted by atomic mass is 35.5. The first-order valence-corrected chi connectivity index (χ1v) is 12.5. The summed E-state index contributed by atoms with van der Waals surface area (Å²) in [5.41, 5.74) is 1.96. The van der Waals surface area contributed by atoms with E-state index in [2.05, 4.69) is 35.3 Å². The summed E-state index contributed by atoms with van der Waals surface area (Å²) in [5.74, 6) is 0.607. The van der Waals surface area contributed by atoms with E-state index in [1.165, 1.54) is 0 Å². The van der Waals surface area contributed by atoms with Gasteiger partial charge in [0.05, 0.1) is 6.42 Å². The number of nitrogens with zero attached hydrogens (tertiary/aromatic N) is 1. The quantitative estimate of drug-likeness (QED) is 0.310. The molecule has 1 aromatic rings. The molecule has 1 amide bonds. The van der Waals surface area contributed by atoms with Gasteiger partial charge in [-0.25, -0.2) is 4.79 Å². The van der Waals surface area contributed by atoms with Crippen molar-refractivity contribution in [3.05, 3.63) is 29.3 Å². The molecule has 0 saturated heterocycles. The van der Waals surface area contributed by atoms with Gasteiger partial charge in [0.15, 0.2) is 0 Å². The molecular formula is C25H40Cl2N2O4. The molecule has 1 rings (SSSR count). The van der Waals surface area contributed by atoms with Crippen LogP contribution >= 0.6 is 23.2 Å². The number of anilines is 1. The van der Waals surface area contributed by atoms with Crippen LogP contribution in [-0.2, 0) is 27.1 Å². The fraction of sp³-hybridized carbons (Fsp3) is 0.680. The number of hydrogen-bond donors (Lipinski definition) is 1. The van der Waals surface area contributed by atoms with Crippen LogP contribution in [0.4, 0.5) is 10.5 Å². The highest BCUT2D eigenvalue weighted by Crippen LogP contribution is 2.23. The molecular weight excluding hydrogens is 463 g/mol. The number of amides is 1. The fourth-order valence-electron chi connectivity index (χ4n) is 3.42. The maximum Gasteiger partial charge on any atom is 0.407 e. The summed E-state index contributed by atoms with van der Waals surface area (Å²) < 4.78 is 10.9. The van der Waals surface area contributed by atoms with E-state index in [-0.39, 0.29) is 12.4 Å². The Morgan fingerprint density at radius 1 is 0.970 bits per heavy atom. The van der Waals surface area contributed by atoms with Gasteiger partial charge in [0.25, 0.3) is 0 Å². The molecule has 0 aliphatic carbocycles. The first kappa shape index (κ1) is 29.4. The number of hydrogen-bond acceptors (Lipinski definition) is 5. The SMILES string of the molecule is CCc1ccc(N(CCCl)CCCl)cc1CC(CC(=O)OC(C)(C)C)NC(=O)OC(C)(C)C. The smallest absolute Gasteiger partial charge is 0.407 e. The van der Waals surface area contributed by atoms with Crippen LogP contribution in [-0.4, -0.2) is 54.2 Å². The van der Waals surface area contributed by atoms with Crippen molar-refractivity contribution in [2.24, 2.45) is 0 Å². The van der Waals surface area contributed by atoms with E-state index >= 15 is 0 Å². The highest BCUT2D eigenvalue weighted by molar-refractivity contribution is 6.18. The number of rotatable bonds is 11. The van der Waals surface area contributed by atoms with Gasteiger partial charge in [-0.05, 0) is 77.6 Å². The Bertz CT molecular complexity index is 737. The van der Waals surface area contributed by atoms with Crippen LogP contribution in [0.5, 0.6) is 0 Å². The van der Waals surface area contributed by atoms with E-state index in [1.807, 2.05) is 20.8 Å². The van der Waals surface area contributed by atoms with Gasteiger partial charge in [0.2, 0.25) is 0 Å². The molecule has 0 aliphatic rings. The van der Waals surface area contributed by atoms with Crippen LogP contribution in [0.25, 0.3) is 0 Å². The lowest BCUT2D eigenvalue weighted by Gasteiger charge is -2.27. The largest absolute Gasteiger partial charge is 0.460 e. The average molecular weight is 504 g/mol. The zero-order valence-electron chi connectivity index (χ0n) is 21.1. The van der Waals surface area contributed by atoms with Crippen LogP contribution < -0.4 is 10.2 Å². The monoisotopic (exact) mass is 502 g/mol. The van der Waals surface area contributed by atoms with Crippen LogP contribution in [0.1, 0.15) is 66.0 Å². The van der Waals surface area contributed by atoms with Gasteiger partial charge in [-0.15, -0.1) is 23.2 Å². The molecule has 1 aromatic carbocycles. The Kier molecular flexibility index (Phi) is 11.8. The number of carbonyl (C=O) groups is 2. The van der Waals surface area contributed by atoms with E-state index in [0.29, 0.717) is 31.3 Å². The van der Waals surface area contributed by atoms with E-state index in [9.17, 15) is 9.59 Å². The minimum atomic E-state index is -0.640. The molecule has 33 heavy (non-hydrogen) atoms. The minimum absolute atomic E-state index is 0.0387. The highest BCUT2D eigenvalue weighted by Gasteiger charge is 2.25. The van der Waals surface area contributed by atoms with Gasteiger partial charge >= 0.3 is 12.1 Å². The predicted molar refractivity (Wildman–Crippen MR) is 137 cm³/mol. The predicted octanol–water partition coefficient (Wildman–Crippen LogP) is 5.70. The minimum Gasteiger partial charge on any atom is -0.460 e. The second-order valence-electron chi connectivity index (χ2n) is 10.0. The molecule has 0 heterocycles. The van der Waals surface area contributed by atoms with Crippen LogP contribution in [0.3, 0.4) is 0 Å². The topological polar surface area (TPSA) is 67.9 Å². The van der Waals surface area contributed by atoms with Gasteiger partial charge in [-0.1, -0.05) is 13.0 Å². The molecule has 1 unspecified atom stereocenters. The number of carbonyl (C=O) groups excluding carboxylic acids is 2. The molecule has 1 N–H and O–H groups in total. The molecule has 0 radical (unpaired) electrons. The molecule has 0 bridgehead atoms. The molecule has 188 valence electrons. The number of halogens is 2. The van der Waals surface area contributed by atoms with E-state index in [1.54, 1.807) is 20.8 Å². The van der Waals surface area contributed by atoms with Crippen LogP contribution in [0, 0.1) is 0 Å². The van der Waals surface area contributed by atoms with E-state index in [0.717, 1.165) is 23.2 Å². The standard InChI is InChI=1S/C25H40Cl2N2O4/c1-8-18-9-10-21(29(13-11-26)14-12-27)16-19(18)15-20(17-22(30)32-24(2,3)4)28-23(31)33-25(5,6)7/h9-10,16,20H,8,11-15,17H2,1-7H3,(H,28,31). The van der Waals surface area contributed by atoms with Crippen LogP contribution in [0.2, 0.25) is 0 Å². The summed E-state index contributed by atoms with van der Waals surface area (Å²) >= 11 is 12.0. The second-order valence-corrected chi connectivity index (χ2v) is 10.8. The Labute approximate surface area is 209 Å². The van der Waals surface area contributed by atoms with Crippen molar-refractivity contribution in [1.29, 1.82) is 0 Å². The summed E-state index contributed by atoms with van der Waals surface area (Å²) in [5, 5.41) is 2.87. The third kappa shape index (κ3) is 11.9. The number of aryl methyl sites for hydroxylation is 1. The second kappa shape index (κ2) is 13.3. The first-order valence-electron chi connectivity index (χ1n) is 11.5. The van der Waals surface area contributed by atoms with Crippen LogP contribution in [0.15, 0.2) is 18.2 Å². The van der Waals surface area contributed by atoms with Gasteiger partial charge in [-0.2, -0.15) is 0 Å². The third-order valence-corrected chi connectivity index (χ3v) is 5.00. The van der Waals surface area contributed by atoms with Crippen molar-refractivity contribution in [3.8, 4) is 0 Å². The number of nitrogens with one attached hydrogen (secondary N) is 1. The lowest BCUT2D eigenvalue weighted by atomic mass is 9.96. The third-order valence-electron chi connectivity index (χ3n) is 4.67. The number of alkyl halides is 2. The molecule has 0 saturated carbocycles. The van der Waals surface area contributed by atoms with E-state index in [4.69, 9.17) is 32.7 Å². The van der Waals surface area contributed by atoms with Gasteiger partial charge in [0.1, 0.15) is 11.2 Å². The Morgan fingerprint density at radius 2 is 1.55 bits per heavy atom. The van der Waals surface area contributed by atoms with Crippen molar-refractivity contribution in [2.75, 3.05) is 29.7 Å². The van der Waals surface area contributed by atoms with E-state index < -0.39 is 23.3 Å². The number of ether oxygens (including phenoxy) is 2. The number of alkyl carbamates (subject to hydrolysis) is 1. The fourth-order valence-corrected chi connectivity index (χ4v) is 3.82. The maximum absolute atomic E-state index is 12.6. The van der Waals surface area contributed by atoms with Gasteiger partial charge in [0, 0.05) is 36.6 Å². The normalized spacial score (nSPS) is 12.8. The molecule has 0 aromatic heterocycles. The molecule has 1 atom stereocenters. The zero-order valence-corrected chi connectivity index (χ0v) is 22.6. The first-order chi connectivity index (χ1) is 15.3. The summed E-state index contributed by atoms with van der Waals surface area (Å²) in [4.78, 5) is 27.2. The molecule has 6 nitrogen and oxygen atoms in total. The number of esters is 1. The molecule has 8 heteroatoms. The molecule has 0 aliphatic heterocycles. The maximum atomic E-state index is 12.6. The number of benzene rings is 1. The van der Waals surface area contributed by atoms with Crippen molar-refractivity contribution in [3.63, 3.8) is 0 Å². The van der Waals surface area contributed by atoms with Crippen molar-refractivity contribution < 1.29 is 19.1 Å². The Hall–Kier alpha value is -1.66. The lowest BCUT2D eigenvalue weighted by molar-refractivity contribution is -0.155. The van der Waals surface area contributed by atoms with Crippen molar-refractivity contribution >= 4 is 41.0 Å². The summed E-state index contributed by atoms with van der Waals surface area (Å²) in [6.45, 7) is 14.3.